The van der Waals surface area contributed by atoms with Gasteiger partial charge in [-0.1, -0.05) is 15.9 Å². The van der Waals surface area contributed by atoms with Crippen molar-refractivity contribution in [1.82, 2.24) is 0 Å². The maximum absolute atomic E-state index is 13.1. The first-order chi connectivity index (χ1) is 6.15. The van der Waals surface area contributed by atoms with E-state index in [0.717, 1.165) is 5.56 Å². The molecule has 0 heterocycles. The highest BCUT2D eigenvalue weighted by Crippen LogP contribution is 2.25. The number of rotatable bonds is 3. The largest absolute Gasteiger partial charge is 0.488 e. The number of benzene rings is 1. The Morgan fingerprint density at radius 2 is 2.23 bits per heavy atom. The molecule has 0 atom stereocenters. The molecule has 0 aliphatic heterocycles. The van der Waals surface area contributed by atoms with Gasteiger partial charge in [-0.05, 0) is 24.6 Å². The van der Waals surface area contributed by atoms with Gasteiger partial charge in [0.05, 0.1) is 6.61 Å². The first-order valence-electron chi connectivity index (χ1n) is 3.84. The lowest BCUT2D eigenvalue weighted by Gasteiger charge is -2.07. The number of aryl methyl sites for hydroxylation is 1. The molecule has 13 heavy (non-hydrogen) atoms. The van der Waals surface area contributed by atoms with Gasteiger partial charge in [-0.3, -0.25) is 0 Å². The van der Waals surface area contributed by atoms with Gasteiger partial charge in [0.2, 0.25) is 0 Å². The third-order valence-electron chi connectivity index (χ3n) is 1.56. The molecule has 0 radical (unpaired) electrons. The molecule has 0 saturated heterocycles. The third-order valence-corrected chi connectivity index (χ3v) is 2.42. The fourth-order valence-electron chi connectivity index (χ4n) is 0.897. The van der Waals surface area contributed by atoms with Crippen LogP contribution in [0.4, 0.5) is 4.39 Å². The van der Waals surface area contributed by atoms with Crippen LogP contribution in [0.15, 0.2) is 16.6 Å². The molecule has 0 unspecified atom stereocenters. The van der Waals surface area contributed by atoms with Crippen molar-refractivity contribution in [3.63, 3.8) is 0 Å². The van der Waals surface area contributed by atoms with E-state index in [1.165, 1.54) is 6.07 Å². The summed E-state index contributed by atoms with van der Waals surface area (Å²) < 4.78 is 18.8. The zero-order valence-corrected chi connectivity index (χ0v) is 8.77. The SMILES string of the molecule is Cc1cc(OCCO)c(F)cc1Br. The summed E-state index contributed by atoms with van der Waals surface area (Å²) in [5.41, 5.74) is 0.898. The summed E-state index contributed by atoms with van der Waals surface area (Å²) >= 11 is 3.20. The molecule has 72 valence electrons. The molecule has 0 aliphatic rings. The van der Waals surface area contributed by atoms with E-state index in [1.807, 2.05) is 6.92 Å². The average molecular weight is 249 g/mol. The second-order valence-corrected chi connectivity index (χ2v) is 3.46. The summed E-state index contributed by atoms with van der Waals surface area (Å²) in [5.74, 6) is -0.249. The standard InChI is InChI=1S/C9H10BrFO2/c1-6-4-9(13-3-2-12)8(11)5-7(6)10/h4-5,12H,2-3H2,1H3. The number of aliphatic hydroxyl groups excluding tert-OH is 1. The molecule has 0 saturated carbocycles. The lowest BCUT2D eigenvalue weighted by Crippen LogP contribution is -2.03. The van der Waals surface area contributed by atoms with Crippen molar-refractivity contribution in [3.05, 3.63) is 28.0 Å². The van der Waals surface area contributed by atoms with Crippen molar-refractivity contribution in [2.24, 2.45) is 0 Å². The van der Waals surface area contributed by atoms with Gasteiger partial charge >= 0.3 is 0 Å². The smallest absolute Gasteiger partial charge is 0.166 e. The second-order valence-electron chi connectivity index (χ2n) is 2.60. The Balaban J connectivity index is 2.88. The van der Waals surface area contributed by atoms with Gasteiger partial charge in [0.25, 0.3) is 0 Å². The van der Waals surface area contributed by atoms with Crippen molar-refractivity contribution >= 4 is 15.9 Å². The Morgan fingerprint density at radius 1 is 1.54 bits per heavy atom. The fraction of sp³-hybridized carbons (Fsp3) is 0.333. The number of hydrogen-bond acceptors (Lipinski definition) is 2. The van der Waals surface area contributed by atoms with E-state index in [-0.39, 0.29) is 19.0 Å². The van der Waals surface area contributed by atoms with E-state index in [1.54, 1.807) is 6.07 Å². The molecule has 1 aromatic carbocycles. The van der Waals surface area contributed by atoms with Gasteiger partial charge in [0.1, 0.15) is 6.61 Å². The number of hydrogen-bond donors (Lipinski definition) is 1. The van der Waals surface area contributed by atoms with Crippen molar-refractivity contribution in [3.8, 4) is 5.75 Å². The Morgan fingerprint density at radius 3 is 2.85 bits per heavy atom. The van der Waals surface area contributed by atoms with Crippen LogP contribution in [0.2, 0.25) is 0 Å². The molecule has 0 bridgehead atoms. The maximum atomic E-state index is 13.1. The molecule has 1 aromatic rings. The van der Waals surface area contributed by atoms with Crippen LogP contribution in [0.25, 0.3) is 0 Å². The molecule has 0 aliphatic carbocycles. The first-order valence-corrected chi connectivity index (χ1v) is 4.63. The molecule has 0 aromatic heterocycles. The normalized spacial score (nSPS) is 10.2. The monoisotopic (exact) mass is 248 g/mol. The fourth-order valence-corrected chi connectivity index (χ4v) is 1.21. The minimum absolute atomic E-state index is 0.109. The van der Waals surface area contributed by atoms with Crippen LogP contribution >= 0.6 is 15.9 Å². The van der Waals surface area contributed by atoms with Gasteiger partial charge in [-0.2, -0.15) is 0 Å². The van der Waals surface area contributed by atoms with Crippen LogP contribution in [-0.4, -0.2) is 18.3 Å². The second kappa shape index (κ2) is 4.58. The predicted octanol–water partition coefficient (Wildman–Crippen LogP) is 2.27. The van der Waals surface area contributed by atoms with Gasteiger partial charge in [-0.25, -0.2) is 4.39 Å². The molecule has 2 nitrogen and oxygen atoms in total. The molecule has 1 rings (SSSR count). The highest BCUT2D eigenvalue weighted by molar-refractivity contribution is 9.10. The molecular weight excluding hydrogens is 239 g/mol. The van der Waals surface area contributed by atoms with Gasteiger partial charge in [0.15, 0.2) is 11.6 Å². The van der Waals surface area contributed by atoms with Crippen LogP contribution in [0.3, 0.4) is 0 Å². The van der Waals surface area contributed by atoms with Crippen LogP contribution in [-0.2, 0) is 0 Å². The minimum atomic E-state index is -0.425. The Kier molecular flexibility index (Phi) is 3.69. The van der Waals surface area contributed by atoms with E-state index >= 15 is 0 Å². The summed E-state index contributed by atoms with van der Waals surface area (Å²) in [6.45, 7) is 1.84. The van der Waals surface area contributed by atoms with Crippen molar-refractivity contribution in [2.75, 3.05) is 13.2 Å². The Hall–Kier alpha value is -0.610. The van der Waals surface area contributed by atoms with Crippen molar-refractivity contribution in [2.45, 2.75) is 6.92 Å². The molecule has 1 N–H and O–H groups in total. The van der Waals surface area contributed by atoms with E-state index < -0.39 is 5.82 Å². The van der Waals surface area contributed by atoms with Crippen LogP contribution in [0.5, 0.6) is 5.75 Å². The predicted molar refractivity (Wildman–Crippen MR) is 51.4 cm³/mol. The topological polar surface area (TPSA) is 29.5 Å². The number of halogens is 2. The lowest BCUT2D eigenvalue weighted by atomic mass is 10.2. The van der Waals surface area contributed by atoms with E-state index in [9.17, 15) is 4.39 Å². The van der Waals surface area contributed by atoms with Gasteiger partial charge < -0.3 is 9.84 Å². The first kappa shape index (κ1) is 10.5. The third kappa shape index (κ3) is 2.67. The molecule has 0 amide bonds. The molecule has 4 heteroatoms. The van der Waals surface area contributed by atoms with Gasteiger partial charge in [-0.15, -0.1) is 0 Å². The zero-order chi connectivity index (χ0) is 9.84. The quantitative estimate of drug-likeness (QED) is 0.890. The van der Waals surface area contributed by atoms with E-state index in [4.69, 9.17) is 9.84 Å². The summed E-state index contributed by atoms with van der Waals surface area (Å²) in [5, 5.41) is 8.49. The maximum Gasteiger partial charge on any atom is 0.166 e. The van der Waals surface area contributed by atoms with Crippen molar-refractivity contribution in [1.29, 1.82) is 0 Å². The van der Waals surface area contributed by atoms with E-state index in [0.29, 0.717) is 4.47 Å². The van der Waals surface area contributed by atoms with Crippen LogP contribution in [0.1, 0.15) is 5.56 Å². The van der Waals surface area contributed by atoms with E-state index in [2.05, 4.69) is 15.9 Å². The Bertz CT molecular complexity index is 302. The summed E-state index contributed by atoms with van der Waals surface area (Å²) in [4.78, 5) is 0. The highest BCUT2D eigenvalue weighted by Gasteiger charge is 2.06. The highest BCUT2D eigenvalue weighted by atomic mass is 79.9. The van der Waals surface area contributed by atoms with Gasteiger partial charge in [0, 0.05) is 4.47 Å². The summed E-state index contributed by atoms with van der Waals surface area (Å²) in [6, 6.07) is 2.94. The zero-order valence-electron chi connectivity index (χ0n) is 7.18. The number of aliphatic hydroxyl groups is 1. The summed E-state index contributed by atoms with van der Waals surface area (Å²) in [6.07, 6.45) is 0. The molecular formula is C9H10BrFO2. The number of ether oxygens (including phenoxy) is 1. The average Bonchev–Trinajstić information content (AvgIpc) is 2.09. The van der Waals surface area contributed by atoms with Crippen molar-refractivity contribution < 1.29 is 14.2 Å². The molecule has 0 fully saturated rings. The summed E-state index contributed by atoms with van der Waals surface area (Å²) in [7, 11) is 0. The van der Waals surface area contributed by atoms with Crippen LogP contribution < -0.4 is 4.74 Å². The van der Waals surface area contributed by atoms with Crippen LogP contribution in [0, 0.1) is 12.7 Å². The minimum Gasteiger partial charge on any atom is -0.488 e. The Labute approximate surface area is 84.5 Å². The lowest BCUT2D eigenvalue weighted by molar-refractivity contribution is 0.196. The molecule has 0 spiro atoms.